The molecule has 0 spiro atoms. The van der Waals surface area contributed by atoms with Crippen molar-refractivity contribution < 1.29 is 9.90 Å². The van der Waals surface area contributed by atoms with Crippen LogP contribution in [0.1, 0.15) is 39.5 Å². The molecule has 2 fully saturated rings. The number of carbonyl (C=O) groups is 1. The standard InChI is InChI=1S/C16H31N3O2/c1-12-10-19(11-13(2)18(12)4)9-7-14-6-5-8-16(14,17-3)15(20)21/h12-14,17H,5-11H2,1-4H3,(H,20,21). The smallest absolute Gasteiger partial charge is 0.324 e. The number of aliphatic carboxylic acids is 1. The number of hydrogen-bond donors (Lipinski definition) is 2. The summed E-state index contributed by atoms with van der Waals surface area (Å²) in [6.45, 7) is 7.74. The van der Waals surface area contributed by atoms with Gasteiger partial charge in [0.25, 0.3) is 0 Å². The number of piperazine rings is 1. The van der Waals surface area contributed by atoms with E-state index in [2.05, 4.69) is 36.0 Å². The molecular weight excluding hydrogens is 266 g/mol. The van der Waals surface area contributed by atoms with Gasteiger partial charge in [-0.2, -0.15) is 0 Å². The van der Waals surface area contributed by atoms with Crippen molar-refractivity contribution in [3.63, 3.8) is 0 Å². The molecule has 0 aromatic rings. The molecule has 4 unspecified atom stereocenters. The summed E-state index contributed by atoms with van der Waals surface area (Å²) >= 11 is 0. The lowest BCUT2D eigenvalue weighted by atomic mass is 9.84. The molecule has 5 heteroatoms. The van der Waals surface area contributed by atoms with Crippen LogP contribution in [0.3, 0.4) is 0 Å². The summed E-state index contributed by atoms with van der Waals surface area (Å²) in [4.78, 5) is 16.6. The van der Waals surface area contributed by atoms with Crippen LogP contribution in [0.4, 0.5) is 0 Å². The van der Waals surface area contributed by atoms with Gasteiger partial charge in [0.2, 0.25) is 0 Å². The average molecular weight is 297 g/mol. The fourth-order valence-electron chi connectivity index (χ4n) is 4.22. The number of nitrogens with one attached hydrogen (secondary N) is 1. The van der Waals surface area contributed by atoms with Gasteiger partial charge in [0.1, 0.15) is 5.54 Å². The fraction of sp³-hybridized carbons (Fsp3) is 0.938. The van der Waals surface area contributed by atoms with E-state index in [4.69, 9.17) is 0 Å². The molecule has 1 saturated carbocycles. The van der Waals surface area contributed by atoms with Crippen LogP contribution in [0, 0.1) is 5.92 Å². The largest absolute Gasteiger partial charge is 0.480 e. The second kappa shape index (κ2) is 6.63. The van der Waals surface area contributed by atoms with Gasteiger partial charge in [-0.25, -0.2) is 0 Å². The SMILES string of the molecule is CNC1(C(=O)O)CCCC1CCN1CC(C)N(C)C(C)C1. The Morgan fingerprint density at radius 3 is 2.48 bits per heavy atom. The molecule has 0 aromatic heterocycles. The third-order valence-corrected chi connectivity index (χ3v) is 5.88. The zero-order valence-corrected chi connectivity index (χ0v) is 13.9. The summed E-state index contributed by atoms with van der Waals surface area (Å²) in [6, 6.07) is 1.15. The number of rotatable bonds is 5. The Labute approximate surface area is 128 Å². The zero-order valence-electron chi connectivity index (χ0n) is 13.9. The van der Waals surface area contributed by atoms with Gasteiger partial charge in [-0.15, -0.1) is 0 Å². The highest BCUT2D eigenvalue weighted by atomic mass is 16.4. The van der Waals surface area contributed by atoms with Crippen LogP contribution in [0.15, 0.2) is 0 Å². The lowest BCUT2D eigenvalue weighted by Crippen LogP contribution is -2.56. The molecule has 1 saturated heterocycles. The maximum Gasteiger partial charge on any atom is 0.324 e. The van der Waals surface area contributed by atoms with Gasteiger partial charge in [-0.1, -0.05) is 6.42 Å². The van der Waals surface area contributed by atoms with Gasteiger partial charge in [0.15, 0.2) is 0 Å². The highest BCUT2D eigenvalue weighted by Gasteiger charge is 2.47. The van der Waals surface area contributed by atoms with Gasteiger partial charge in [-0.3, -0.25) is 9.69 Å². The molecule has 0 amide bonds. The van der Waals surface area contributed by atoms with Crippen LogP contribution in [0.5, 0.6) is 0 Å². The van der Waals surface area contributed by atoms with Crippen molar-refractivity contribution in [1.82, 2.24) is 15.1 Å². The van der Waals surface area contributed by atoms with Crippen molar-refractivity contribution in [2.75, 3.05) is 33.7 Å². The van der Waals surface area contributed by atoms with E-state index in [9.17, 15) is 9.90 Å². The first-order valence-electron chi connectivity index (χ1n) is 8.27. The third-order valence-electron chi connectivity index (χ3n) is 5.88. The molecule has 21 heavy (non-hydrogen) atoms. The summed E-state index contributed by atoms with van der Waals surface area (Å²) in [7, 11) is 3.99. The predicted molar refractivity (Wildman–Crippen MR) is 84.5 cm³/mol. The number of likely N-dealkylation sites (N-methyl/N-ethyl adjacent to an activating group) is 2. The van der Waals surface area contributed by atoms with Crippen LogP contribution < -0.4 is 5.32 Å². The number of nitrogens with zero attached hydrogens (tertiary/aromatic N) is 2. The number of hydrogen-bond acceptors (Lipinski definition) is 4. The minimum Gasteiger partial charge on any atom is -0.480 e. The van der Waals surface area contributed by atoms with E-state index in [1.807, 2.05) is 0 Å². The van der Waals surface area contributed by atoms with Gasteiger partial charge in [0.05, 0.1) is 0 Å². The summed E-state index contributed by atoms with van der Waals surface area (Å²) in [5, 5.41) is 12.7. The van der Waals surface area contributed by atoms with Crippen LogP contribution >= 0.6 is 0 Å². The Bertz CT molecular complexity index is 365. The van der Waals surface area contributed by atoms with E-state index in [-0.39, 0.29) is 5.92 Å². The maximum absolute atomic E-state index is 11.7. The Balaban J connectivity index is 1.92. The Morgan fingerprint density at radius 2 is 1.95 bits per heavy atom. The van der Waals surface area contributed by atoms with E-state index in [0.29, 0.717) is 12.1 Å². The summed E-state index contributed by atoms with van der Waals surface area (Å²) in [6.07, 6.45) is 3.80. The molecule has 4 atom stereocenters. The molecule has 0 radical (unpaired) electrons. The number of carboxylic acids is 1. The van der Waals surface area contributed by atoms with E-state index < -0.39 is 11.5 Å². The van der Waals surface area contributed by atoms with Crippen molar-refractivity contribution in [1.29, 1.82) is 0 Å². The second-order valence-corrected chi connectivity index (χ2v) is 7.03. The third kappa shape index (κ3) is 3.25. The van der Waals surface area contributed by atoms with Crippen molar-refractivity contribution in [2.45, 2.75) is 57.2 Å². The molecule has 1 aliphatic heterocycles. The molecule has 122 valence electrons. The van der Waals surface area contributed by atoms with E-state index >= 15 is 0 Å². The Morgan fingerprint density at radius 1 is 1.33 bits per heavy atom. The fourth-order valence-corrected chi connectivity index (χ4v) is 4.22. The minimum atomic E-state index is -0.691. The van der Waals surface area contributed by atoms with Crippen molar-refractivity contribution >= 4 is 5.97 Å². The lowest BCUT2D eigenvalue weighted by Gasteiger charge is -2.43. The van der Waals surface area contributed by atoms with Gasteiger partial charge < -0.3 is 15.3 Å². The van der Waals surface area contributed by atoms with Gasteiger partial charge in [-0.05, 0) is 59.7 Å². The van der Waals surface area contributed by atoms with Gasteiger partial charge >= 0.3 is 5.97 Å². The van der Waals surface area contributed by atoms with E-state index in [0.717, 1.165) is 45.3 Å². The number of carboxylic acid groups (broad SMARTS) is 1. The molecule has 2 N–H and O–H groups in total. The first-order valence-corrected chi connectivity index (χ1v) is 8.27. The van der Waals surface area contributed by atoms with Crippen LogP contribution in [-0.4, -0.2) is 72.2 Å². The molecule has 0 bridgehead atoms. The normalized spacial score (nSPS) is 38.8. The van der Waals surface area contributed by atoms with Crippen molar-refractivity contribution in [2.24, 2.45) is 5.92 Å². The quantitative estimate of drug-likeness (QED) is 0.800. The summed E-state index contributed by atoms with van der Waals surface area (Å²) in [5.41, 5.74) is -0.691. The Kier molecular flexibility index (Phi) is 5.28. The van der Waals surface area contributed by atoms with Crippen LogP contribution in [-0.2, 0) is 4.79 Å². The minimum absolute atomic E-state index is 0.255. The highest BCUT2D eigenvalue weighted by molar-refractivity contribution is 5.79. The second-order valence-electron chi connectivity index (χ2n) is 7.03. The van der Waals surface area contributed by atoms with E-state index in [1.165, 1.54) is 0 Å². The van der Waals surface area contributed by atoms with Crippen molar-refractivity contribution in [3.05, 3.63) is 0 Å². The first kappa shape index (κ1) is 16.7. The summed E-state index contributed by atoms with van der Waals surface area (Å²) < 4.78 is 0. The van der Waals surface area contributed by atoms with E-state index in [1.54, 1.807) is 7.05 Å². The molecule has 2 rings (SSSR count). The highest BCUT2D eigenvalue weighted by Crippen LogP contribution is 2.38. The van der Waals surface area contributed by atoms with Gasteiger partial charge in [0, 0.05) is 25.2 Å². The first-order chi connectivity index (χ1) is 9.90. The molecule has 0 aromatic carbocycles. The zero-order chi connectivity index (χ0) is 15.6. The topological polar surface area (TPSA) is 55.8 Å². The molecule has 5 nitrogen and oxygen atoms in total. The summed E-state index contributed by atoms with van der Waals surface area (Å²) in [5.74, 6) is -0.419. The molecule has 2 aliphatic rings. The Hall–Kier alpha value is -0.650. The van der Waals surface area contributed by atoms with Crippen LogP contribution in [0.25, 0.3) is 0 Å². The molecule has 1 aliphatic carbocycles. The monoisotopic (exact) mass is 297 g/mol. The maximum atomic E-state index is 11.7. The van der Waals surface area contributed by atoms with Crippen LogP contribution in [0.2, 0.25) is 0 Å². The average Bonchev–Trinajstić information content (AvgIpc) is 2.86. The lowest BCUT2D eigenvalue weighted by molar-refractivity contribution is -0.146. The molecule has 1 heterocycles. The molecular formula is C16H31N3O2. The van der Waals surface area contributed by atoms with Crippen molar-refractivity contribution in [3.8, 4) is 0 Å². The predicted octanol–water partition coefficient (Wildman–Crippen LogP) is 1.24.